The van der Waals surface area contributed by atoms with Gasteiger partial charge in [0.1, 0.15) is 11.5 Å². The van der Waals surface area contributed by atoms with Crippen LogP contribution in [0.5, 0.6) is 11.5 Å². The summed E-state index contributed by atoms with van der Waals surface area (Å²) in [5.74, 6) is 1.36. The van der Waals surface area contributed by atoms with Gasteiger partial charge in [0, 0.05) is 6.07 Å². The van der Waals surface area contributed by atoms with Crippen LogP contribution in [0.3, 0.4) is 0 Å². The molecule has 0 bridgehead atoms. The number of hydrogen-bond acceptors (Lipinski definition) is 3. The summed E-state index contributed by atoms with van der Waals surface area (Å²) < 4.78 is 10.7. The Morgan fingerprint density at radius 3 is 2.60 bits per heavy atom. The summed E-state index contributed by atoms with van der Waals surface area (Å²) in [5.41, 5.74) is 0.623. The second kappa shape index (κ2) is 5.90. The largest absolute Gasteiger partial charge is 0.494 e. The molecule has 0 saturated heterocycles. The first-order valence-electron chi connectivity index (χ1n) is 4.91. The second-order valence-electron chi connectivity index (χ2n) is 2.79. The molecule has 0 aliphatic rings. The molecule has 1 aromatic carbocycles. The van der Waals surface area contributed by atoms with Gasteiger partial charge in [-0.05, 0) is 26.0 Å². The minimum absolute atomic E-state index is 0.557. The standard InChI is InChI=1S/C11H15NO3/c1-3-14-9-5-6-11(15-4-2)10(7-9)12-8-13/h5-8H,3-4H2,1-2H3,(H,12,13). The van der Waals surface area contributed by atoms with E-state index >= 15 is 0 Å². The zero-order valence-electron chi connectivity index (χ0n) is 8.95. The highest BCUT2D eigenvalue weighted by Gasteiger charge is 2.04. The molecule has 15 heavy (non-hydrogen) atoms. The van der Waals surface area contributed by atoms with Crippen LogP contribution in [-0.2, 0) is 4.79 Å². The summed E-state index contributed by atoms with van der Waals surface area (Å²) in [5, 5.41) is 2.57. The van der Waals surface area contributed by atoms with Gasteiger partial charge in [0.2, 0.25) is 6.41 Å². The number of carbonyl (C=O) groups excluding carboxylic acids is 1. The average Bonchev–Trinajstić information content (AvgIpc) is 2.23. The summed E-state index contributed by atoms with van der Waals surface area (Å²) in [6, 6.07) is 5.33. The van der Waals surface area contributed by atoms with E-state index in [9.17, 15) is 4.79 Å². The van der Waals surface area contributed by atoms with Gasteiger partial charge in [0.05, 0.1) is 18.9 Å². The van der Waals surface area contributed by atoms with Crippen molar-refractivity contribution in [3.05, 3.63) is 18.2 Å². The highest BCUT2D eigenvalue weighted by atomic mass is 16.5. The molecule has 82 valence electrons. The SMILES string of the molecule is CCOc1ccc(OCC)c(NC=O)c1. The van der Waals surface area contributed by atoms with Gasteiger partial charge in [-0.15, -0.1) is 0 Å². The Labute approximate surface area is 89.2 Å². The van der Waals surface area contributed by atoms with Gasteiger partial charge >= 0.3 is 0 Å². The fraction of sp³-hybridized carbons (Fsp3) is 0.364. The summed E-state index contributed by atoms with van der Waals surface area (Å²) in [6.45, 7) is 4.94. The monoisotopic (exact) mass is 209 g/mol. The predicted molar refractivity (Wildman–Crippen MR) is 58.5 cm³/mol. The molecule has 1 rings (SSSR count). The molecule has 0 aliphatic carbocycles. The van der Waals surface area contributed by atoms with Gasteiger partial charge in [-0.3, -0.25) is 4.79 Å². The average molecular weight is 209 g/mol. The molecule has 0 unspecified atom stereocenters. The molecule has 4 nitrogen and oxygen atoms in total. The van der Waals surface area contributed by atoms with Gasteiger partial charge in [0.15, 0.2) is 0 Å². The Kier molecular flexibility index (Phi) is 4.47. The number of benzene rings is 1. The van der Waals surface area contributed by atoms with E-state index in [0.29, 0.717) is 36.8 Å². The zero-order valence-corrected chi connectivity index (χ0v) is 8.95. The summed E-state index contributed by atoms with van der Waals surface area (Å²) in [4.78, 5) is 10.4. The third-order valence-electron chi connectivity index (χ3n) is 1.78. The van der Waals surface area contributed by atoms with E-state index in [2.05, 4.69) is 5.32 Å². The Balaban J connectivity index is 2.91. The number of nitrogens with one attached hydrogen (secondary N) is 1. The number of ether oxygens (including phenoxy) is 2. The van der Waals surface area contributed by atoms with Crippen molar-refractivity contribution in [2.24, 2.45) is 0 Å². The van der Waals surface area contributed by atoms with Crippen molar-refractivity contribution in [2.45, 2.75) is 13.8 Å². The van der Waals surface area contributed by atoms with E-state index in [1.54, 1.807) is 12.1 Å². The van der Waals surface area contributed by atoms with Crippen molar-refractivity contribution < 1.29 is 14.3 Å². The Morgan fingerprint density at radius 1 is 1.27 bits per heavy atom. The fourth-order valence-electron chi connectivity index (χ4n) is 1.22. The molecule has 0 fully saturated rings. The van der Waals surface area contributed by atoms with E-state index in [0.717, 1.165) is 0 Å². The smallest absolute Gasteiger partial charge is 0.211 e. The lowest BCUT2D eigenvalue weighted by Gasteiger charge is -2.11. The van der Waals surface area contributed by atoms with E-state index < -0.39 is 0 Å². The van der Waals surface area contributed by atoms with Crippen LogP contribution < -0.4 is 14.8 Å². The number of rotatable bonds is 6. The lowest BCUT2D eigenvalue weighted by molar-refractivity contribution is -0.105. The van der Waals surface area contributed by atoms with Crippen LogP contribution in [-0.4, -0.2) is 19.6 Å². The van der Waals surface area contributed by atoms with Crippen molar-refractivity contribution in [1.29, 1.82) is 0 Å². The van der Waals surface area contributed by atoms with Crippen LogP contribution in [0.15, 0.2) is 18.2 Å². The van der Waals surface area contributed by atoms with Gasteiger partial charge in [-0.1, -0.05) is 0 Å². The van der Waals surface area contributed by atoms with Crippen molar-refractivity contribution >= 4 is 12.1 Å². The molecule has 0 aliphatic heterocycles. The third-order valence-corrected chi connectivity index (χ3v) is 1.78. The van der Waals surface area contributed by atoms with Crippen molar-refractivity contribution in [3.8, 4) is 11.5 Å². The maximum Gasteiger partial charge on any atom is 0.211 e. The number of carbonyl (C=O) groups is 1. The first-order chi connectivity index (χ1) is 7.31. The minimum Gasteiger partial charge on any atom is -0.494 e. The lowest BCUT2D eigenvalue weighted by atomic mass is 10.2. The van der Waals surface area contributed by atoms with Gasteiger partial charge < -0.3 is 14.8 Å². The minimum atomic E-state index is 0.557. The quantitative estimate of drug-likeness (QED) is 0.729. The van der Waals surface area contributed by atoms with E-state index in [1.807, 2.05) is 19.9 Å². The molecule has 0 atom stereocenters. The maximum atomic E-state index is 10.4. The van der Waals surface area contributed by atoms with Crippen LogP contribution in [0.25, 0.3) is 0 Å². The predicted octanol–water partition coefficient (Wildman–Crippen LogP) is 2.05. The molecule has 0 saturated carbocycles. The highest BCUT2D eigenvalue weighted by molar-refractivity contribution is 5.76. The van der Waals surface area contributed by atoms with Gasteiger partial charge in [0.25, 0.3) is 0 Å². The summed E-state index contributed by atoms with van der Waals surface area (Å²) in [6.07, 6.45) is 0.619. The van der Waals surface area contributed by atoms with E-state index in [4.69, 9.17) is 9.47 Å². The number of anilines is 1. The van der Waals surface area contributed by atoms with Crippen LogP contribution >= 0.6 is 0 Å². The molecular weight excluding hydrogens is 194 g/mol. The Hall–Kier alpha value is -1.71. The number of amides is 1. The van der Waals surface area contributed by atoms with Crippen molar-refractivity contribution in [3.63, 3.8) is 0 Å². The normalized spacial score (nSPS) is 9.47. The first-order valence-corrected chi connectivity index (χ1v) is 4.91. The van der Waals surface area contributed by atoms with E-state index in [1.165, 1.54) is 0 Å². The van der Waals surface area contributed by atoms with E-state index in [-0.39, 0.29) is 0 Å². The summed E-state index contributed by atoms with van der Waals surface area (Å²) >= 11 is 0. The Morgan fingerprint density at radius 2 is 2.00 bits per heavy atom. The fourth-order valence-corrected chi connectivity index (χ4v) is 1.22. The van der Waals surface area contributed by atoms with Crippen LogP contribution in [0.2, 0.25) is 0 Å². The molecule has 1 aromatic rings. The topological polar surface area (TPSA) is 47.6 Å². The molecule has 0 radical (unpaired) electrons. The first kappa shape index (κ1) is 11.4. The second-order valence-corrected chi connectivity index (χ2v) is 2.79. The van der Waals surface area contributed by atoms with Gasteiger partial charge in [-0.25, -0.2) is 0 Å². The molecule has 0 aromatic heterocycles. The molecule has 0 spiro atoms. The molecule has 1 amide bonds. The van der Waals surface area contributed by atoms with Crippen molar-refractivity contribution in [1.82, 2.24) is 0 Å². The zero-order chi connectivity index (χ0) is 11.1. The van der Waals surface area contributed by atoms with Crippen LogP contribution in [0.1, 0.15) is 13.8 Å². The molecule has 4 heteroatoms. The van der Waals surface area contributed by atoms with Gasteiger partial charge in [-0.2, -0.15) is 0 Å². The molecular formula is C11H15NO3. The highest BCUT2D eigenvalue weighted by Crippen LogP contribution is 2.28. The molecule has 0 heterocycles. The van der Waals surface area contributed by atoms with Crippen LogP contribution in [0, 0.1) is 0 Å². The molecule has 1 N–H and O–H groups in total. The van der Waals surface area contributed by atoms with Crippen molar-refractivity contribution in [2.75, 3.05) is 18.5 Å². The summed E-state index contributed by atoms with van der Waals surface area (Å²) in [7, 11) is 0. The lowest BCUT2D eigenvalue weighted by Crippen LogP contribution is -2.01. The van der Waals surface area contributed by atoms with Crippen LogP contribution in [0.4, 0.5) is 5.69 Å². The third kappa shape index (κ3) is 3.16. The maximum absolute atomic E-state index is 10.4. The Bertz CT molecular complexity index is 326. The number of hydrogen-bond donors (Lipinski definition) is 1.